The maximum atomic E-state index is 13.1. The molecule has 0 bridgehead atoms. The Balaban J connectivity index is 1.92. The third-order valence-corrected chi connectivity index (χ3v) is 4.46. The van der Waals surface area contributed by atoms with Crippen molar-refractivity contribution < 1.29 is 24.3 Å². The Morgan fingerprint density at radius 1 is 1.14 bits per heavy atom. The number of benzene rings is 2. The molecule has 2 aromatic carbocycles. The van der Waals surface area contributed by atoms with Crippen LogP contribution in [0.2, 0.25) is 0 Å². The summed E-state index contributed by atoms with van der Waals surface area (Å²) in [5, 5.41) is 16.2. The molecule has 1 atom stereocenters. The molecule has 0 radical (unpaired) electrons. The Labute approximate surface area is 166 Å². The smallest absolute Gasteiger partial charge is 0.335 e. The van der Waals surface area contributed by atoms with Crippen LogP contribution in [0.15, 0.2) is 60.3 Å². The number of imide groups is 2. The summed E-state index contributed by atoms with van der Waals surface area (Å²) in [6, 6.07) is 11.7. The van der Waals surface area contributed by atoms with E-state index < -0.39 is 29.7 Å². The number of anilines is 2. The van der Waals surface area contributed by atoms with E-state index in [1.807, 2.05) is 6.92 Å². The number of rotatable bonds is 5. The van der Waals surface area contributed by atoms with Gasteiger partial charge in [0.25, 0.3) is 5.91 Å². The summed E-state index contributed by atoms with van der Waals surface area (Å²) in [4.78, 5) is 49.8. The zero-order valence-corrected chi connectivity index (χ0v) is 15.8. The lowest BCUT2D eigenvalue weighted by atomic mass is 9.99. The van der Waals surface area contributed by atoms with E-state index in [0.29, 0.717) is 11.4 Å². The normalized spacial score (nSPS) is 17.2. The van der Waals surface area contributed by atoms with Gasteiger partial charge in [0, 0.05) is 11.4 Å². The molecule has 0 spiro atoms. The molecular weight excluding hydrogens is 374 g/mol. The molecule has 0 aliphatic carbocycles. The van der Waals surface area contributed by atoms with Crippen LogP contribution in [-0.4, -0.2) is 23.8 Å². The number of carboxylic acids is 1. The zero-order valence-electron chi connectivity index (χ0n) is 15.8. The number of amides is 4. The number of allylic oxidation sites excluding steroid dienone is 1. The lowest BCUT2D eigenvalue weighted by Gasteiger charge is -2.31. The highest BCUT2D eigenvalue weighted by atomic mass is 16.4. The van der Waals surface area contributed by atoms with Crippen LogP contribution in [0.3, 0.4) is 0 Å². The molecule has 0 unspecified atom stereocenters. The van der Waals surface area contributed by atoms with Gasteiger partial charge in [0.05, 0.1) is 11.7 Å². The lowest BCUT2D eigenvalue weighted by molar-refractivity contribution is -0.255. The van der Waals surface area contributed by atoms with Crippen LogP contribution in [0, 0.1) is 12.8 Å². The first kappa shape index (κ1) is 19.8. The SMILES string of the molecule is C/C=C(/Nc1cccc(C(=O)[O-])c1)[C@@H]1C(=O)NC(=O)N(c2ccc(C)cc2)C1=O. The van der Waals surface area contributed by atoms with Crippen molar-refractivity contribution in [2.24, 2.45) is 5.92 Å². The highest BCUT2D eigenvalue weighted by Crippen LogP contribution is 2.26. The van der Waals surface area contributed by atoms with E-state index in [2.05, 4.69) is 10.6 Å². The number of urea groups is 1. The monoisotopic (exact) mass is 392 g/mol. The van der Waals surface area contributed by atoms with Crippen molar-refractivity contribution in [1.82, 2.24) is 5.32 Å². The number of nitrogens with zero attached hydrogens (tertiary/aromatic N) is 1. The molecular formula is C21H18N3O5-. The third kappa shape index (κ3) is 4.01. The van der Waals surface area contributed by atoms with Crippen LogP contribution in [-0.2, 0) is 9.59 Å². The second kappa shape index (κ2) is 7.97. The molecule has 1 aliphatic rings. The minimum atomic E-state index is -1.35. The Kier molecular flexibility index (Phi) is 5.45. The first-order chi connectivity index (χ1) is 13.8. The largest absolute Gasteiger partial charge is 0.545 e. The summed E-state index contributed by atoms with van der Waals surface area (Å²) in [6.07, 6.45) is 1.52. The molecule has 8 nitrogen and oxygen atoms in total. The molecule has 1 saturated heterocycles. The van der Waals surface area contributed by atoms with Gasteiger partial charge >= 0.3 is 6.03 Å². The molecule has 1 fully saturated rings. The molecule has 0 aromatic heterocycles. The Morgan fingerprint density at radius 2 is 1.83 bits per heavy atom. The summed E-state index contributed by atoms with van der Waals surface area (Å²) >= 11 is 0. The maximum Gasteiger partial charge on any atom is 0.335 e. The minimum Gasteiger partial charge on any atom is -0.545 e. The van der Waals surface area contributed by atoms with E-state index in [-0.39, 0.29) is 11.3 Å². The van der Waals surface area contributed by atoms with Crippen molar-refractivity contribution in [3.05, 3.63) is 71.4 Å². The number of nitrogens with one attached hydrogen (secondary N) is 2. The predicted octanol–water partition coefficient (Wildman–Crippen LogP) is 1.57. The van der Waals surface area contributed by atoms with Crippen molar-refractivity contribution in [3.8, 4) is 0 Å². The van der Waals surface area contributed by atoms with Gasteiger partial charge in [-0.25, -0.2) is 9.69 Å². The van der Waals surface area contributed by atoms with Gasteiger partial charge < -0.3 is 15.2 Å². The standard InChI is InChI=1S/C21H19N3O5/c1-3-16(22-14-6-4-5-13(11-14)20(27)28)17-18(25)23-21(29)24(19(17)26)15-9-7-12(2)8-10-15/h3-11,17,22H,1-2H3,(H,27,28)(H,23,25,29)/p-1/b16-3+/t17-/m1/s1. The quantitative estimate of drug-likeness (QED) is 0.746. The number of carbonyl (C=O) groups is 4. The molecule has 2 aromatic rings. The molecule has 3 rings (SSSR count). The van der Waals surface area contributed by atoms with Crippen LogP contribution in [0.4, 0.5) is 16.2 Å². The first-order valence-corrected chi connectivity index (χ1v) is 8.82. The summed E-state index contributed by atoms with van der Waals surface area (Å²) in [6.45, 7) is 3.49. The van der Waals surface area contributed by atoms with E-state index in [1.54, 1.807) is 37.3 Å². The van der Waals surface area contributed by atoms with E-state index >= 15 is 0 Å². The van der Waals surface area contributed by atoms with Crippen molar-refractivity contribution in [1.29, 1.82) is 0 Å². The Bertz CT molecular complexity index is 1030. The van der Waals surface area contributed by atoms with Gasteiger partial charge in [0.2, 0.25) is 5.91 Å². The molecule has 2 N–H and O–H groups in total. The third-order valence-electron chi connectivity index (χ3n) is 4.46. The number of carboxylic acid groups (broad SMARTS) is 1. The van der Waals surface area contributed by atoms with Crippen molar-refractivity contribution in [2.45, 2.75) is 13.8 Å². The van der Waals surface area contributed by atoms with Gasteiger partial charge in [0.1, 0.15) is 0 Å². The summed E-state index contributed by atoms with van der Waals surface area (Å²) in [7, 11) is 0. The van der Waals surface area contributed by atoms with Crippen LogP contribution in [0.25, 0.3) is 0 Å². The molecule has 1 heterocycles. The predicted molar refractivity (Wildman–Crippen MR) is 104 cm³/mol. The molecule has 8 heteroatoms. The number of hydrogen-bond donors (Lipinski definition) is 2. The second-order valence-corrected chi connectivity index (χ2v) is 6.47. The van der Waals surface area contributed by atoms with E-state index in [4.69, 9.17) is 0 Å². The fourth-order valence-corrected chi connectivity index (χ4v) is 2.99. The van der Waals surface area contributed by atoms with E-state index in [0.717, 1.165) is 10.5 Å². The highest BCUT2D eigenvalue weighted by molar-refractivity contribution is 6.29. The first-order valence-electron chi connectivity index (χ1n) is 8.82. The van der Waals surface area contributed by atoms with E-state index in [9.17, 15) is 24.3 Å². The van der Waals surface area contributed by atoms with Crippen LogP contribution < -0.4 is 20.6 Å². The van der Waals surface area contributed by atoms with Gasteiger partial charge in [-0.3, -0.25) is 14.9 Å². The molecule has 148 valence electrons. The van der Waals surface area contributed by atoms with Crippen molar-refractivity contribution in [3.63, 3.8) is 0 Å². The maximum absolute atomic E-state index is 13.1. The number of aryl methyl sites for hydroxylation is 1. The topological polar surface area (TPSA) is 119 Å². The Morgan fingerprint density at radius 3 is 2.45 bits per heavy atom. The summed E-state index contributed by atoms with van der Waals surface area (Å²) in [5.41, 5.74) is 1.81. The van der Waals surface area contributed by atoms with Gasteiger partial charge in [-0.2, -0.15) is 0 Å². The number of hydrogen-bond acceptors (Lipinski definition) is 6. The number of barbiturate groups is 1. The van der Waals surface area contributed by atoms with Crippen LogP contribution >= 0.6 is 0 Å². The average Bonchev–Trinajstić information content (AvgIpc) is 2.68. The molecule has 29 heavy (non-hydrogen) atoms. The van der Waals surface area contributed by atoms with E-state index in [1.165, 1.54) is 24.3 Å². The number of aromatic carboxylic acids is 1. The zero-order chi connectivity index (χ0) is 21.1. The van der Waals surface area contributed by atoms with Crippen molar-refractivity contribution in [2.75, 3.05) is 10.2 Å². The molecule has 1 aliphatic heterocycles. The van der Waals surface area contributed by atoms with Crippen LogP contribution in [0.1, 0.15) is 22.8 Å². The average molecular weight is 392 g/mol. The Hall–Kier alpha value is -3.94. The van der Waals surface area contributed by atoms with Crippen molar-refractivity contribution >= 4 is 35.2 Å². The number of carbonyl (C=O) groups excluding carboxylic acids is 4. The minimum absolute atomic E-state index is 0.0543. The summed E-state index contributed by atoms with van der Waals surface area (Å²) in [5.74, 6) is -4.12. The molecule has 0 saturated carbocycles. The van der Waals surface area contributed by atoms with Gasteiger partial charge in [0.15, 0.2) is 5.92 Å². The fraction of sp³-hybridized carbons (Fsp3) is 0.143. The van der Waals surface area contributed by atoms with Gasteiger partial charge in [-0.15, -0.1) is 0 Å². The van der Waals surface area contributed by atoms with Crippen LogP contribution in [0.5, 0.6) is 0 Å². The fourth-order valence-electron chi connectivity index (χ4n) is 2.99. The lowest BCUT2D eigenvalue weighted by Crippen LogP contribution is -2.59. The molecule has 4 amide bonds. The van der Waals surface area contributed by atoms with Gasteiger partial charge in [-0.1, -0.05) is 35.9 Å². The highest BCUT2D eigenvalue weighted by Gasteiger charge is 2.43. The summed E-state index contributed by atoms with van der Waals surface area (Å²) < 4.78 is 0. The van der Waals surface area contributed by atoms with Gasteiger partial charge in [-0.05, 0) is 43.7 Å². The second-order valence-electron chi connectivity index (χ2n) is 6.47.